The lowest BCUT2D eigenvalue weighted by Crippen LogP contribution is -2.04. The first-order valence-corrected chi connectivity index (χ1v) is 5.72. The van der Waals surface area contributed by atoms with Crippen LogP contribution in [-0.4, -0.2) is 22.6 Å². The molecule has 1 aromatic carbocycles. The van der Waals surface area contributed by atoms with Gasteiger partial charge >= 0.3 is 11.7 Å². The van der Waals surface area contributed by atoms with E-state index < -0.39 is 10.9 Å². The fraction of sp³-hybridized carbons (Fsp3) is 0.417. The first-order chi connectivity index (χ1) is 8.58. The molecule has 0 aliphatic heterocycles. The number of carbonyl (C=O) groups is 1. The van der Waals surface area contributed by atoms with E-state index in [4.69, 9.17) is 9.84 Å². The summed E-state index contributed by atoms with van der Waals surface area (Å²) in [7, 11) is 0. The van der Waals surface area contributed by atoms with Gasteiger partial charge in [0.25, 0.3) is 0 Å². The molecule has 0 amide bonds. The molecule has 0 spiro atoms. The lowest BCUT2D eigenvalue weighted by Gasteiger charge is -2.07. The summed E-state index contributed by atoms with van der Waals surface area (Å²) in [6, 6.07) is 3.57. The Hall–Kier alpha value is -2.11. The fourth-order valence-corrected chi connectivity index (χ4v) is 1.66. The third-order valence-electron chi connectivity index (χ3n) is 2.88. The molecule has 2 rings (SSSR count). The molecule has 0 atom stereocenters. The van der Waals surface area contributed by atoms with Crippen LogP contribution in [0.4, 0.5) is 5.69 Å². The van der Waals surface area contributed by atoms with Gasteiger partial charge in [0.15, 0.2) is 5.75 Å². The van der Waals surface area contributed by atoms with Gasteiger partial charge in [-0.1, -0.05) is 12.8 Å². The second-order valence-corrected chi connectivity index (χ2v) is 4.33. The average molecular weight is 251 g/mol. The summed E-state index contributed by atoms with van der Waals surface area (Å²) < 4.78 is 5.34. The first-order valence-electron chi connectivity index (χ1n) is 5.72. The largest absolute Gasteiger partial charge is 0.487 e. The lowest BCUT2D eigenvalue weighted by molar-refractivity contribution is -0.385. The van der Waals surface area contributed by atoms with Gasteiger partial charge in [0.2, 0.25) is 0 Å². The van der Waals surface area contributed by atoms with E-state index >= 15 is 0 Å². The van der Waals surface area contributed by atoms with Crippen LogP contribution in [0, 0.1) is 16.0 Å². The number of hydrogen-bond acceptors (Lipinski definition) is 4. The molecule has 0 aromatic heterocycles. The van der Waals surface area contributed by atoms with E-state index in [-0.39, 0.29) is 17.0 Å². The smallest absolute Gasteiger partial charge is 0.335 e. The maximum atomic E-state index is 10.8. The summed E-state index contributed by atoms with van der Waals surface area (Å²) in [5.41, 5.74) is -0.210. The zero-order valence-electron chi connectivity index (χ0n) is 9.67. The summed E-state index contributed by atoms with van der Waals surface area (Å²) >= 11 is 0. The van der Waals surface area contributed by atoms with Gasteiger partial charge in [0.05, 0.1) is 17.1 Å². The number of nitrogens with zero attached hydrogens (tertiary/aromatic N) is 1. The van der Waals surface area contributed by atoms with Crippen LogP contribution in [-0.2, 0) is 0 Å². The van der Waals surface area contributed by atoms with Crippen molar-refractivity contribution in [2.75, 3.05) is 6.61 Å². The number of nitro benzene ring substituents is 1. The molecular formula is C12H13NO5. The molecule has 6 heteroatoms. The number of ether oxygens (including phenoxy) is 1. The van der Waals surface area contributed by atoms with E-state index in [9.17, 15) is 14.9 Å². The Morgan fingerprint density at radius 3 is 2.78 bits per heavy atom. The van der Waals surface area contributed by atoms with E-state index in [1.165, 1.54) is 25.0 Å². The molecule has 18 heavy (non-hydrogen) atoms. The summed E-state index contributed by atoms with van der Waals surface area (Å²) in [6.07, 6.45) is 3.22. The van der Waals surface area contributed by atoms with E-state index in [0.29, 0.717) is 12.5 Å². The first kappa shape index (κ1) is 12.3. The Balaban J connectivity index is 2.13. The quantitative estimate of drug-likeness (QED) is 0.619. The van der Waals surface area contributed by atoms with Gasteiger partial charge < -0.3 is 9.84 Å². The minimum Gasteiger partial charge on any atom is -0.487 e. The van der Waals surface area contributed by atoms with Crippen molar-refractivity contribution in [3.05, 3.63) is 33.9 Å². The second-order valence-electron chi connectivity index (χ2n) is 4.33. The zero-order chi connectivity index (χ0) is 13.1. The van der Waals surface area contributed by atoms with Gasteiger partial charge in [0, 0.05) is 12.1 Å². The van der Waals surface area contributed by atoms with Crippen molar-refractivity contribution >= 4 is 11.7 Å². The summed E-state index contributed by atoms with van der Waals surface area (Å²) in [5, 5.41) is 19.6. The van der Waals surface area contributed by atoms with Crippen molar-refractivity contribution in [1.29, 1.82) is 0 Å². The Morgan fingerprint density at radius 2 is 2.22 bits per heavy atom. The van der Waals surface area contributed by atoms with Crippen LogP contribution in [0.25, 0.3) is 0 Å². The zero-order valence-corrected chi connectivity index (χ0v) is 9.67. The van der Waals surface area contributed by atoms with E-state index in [1.54, 1.807) is 0 Å². The molecule has 0 radical (unpaired) electrons. The highest BCUT2D eigenvalue weighted by molar-refractivity contribution is 5.88. The highest BCUT2D eigenvalue weighted by atomic mass is 16.6. The summed E-state index contributed by atoms with van der Waals surface area (Å²) in [6.45, 7) is 0.384. The molecule has 0 unspecified atom stereocenters. The number of rotatable bonds is 6. The third-order valence-corrected chi connectivity index (χ3v) is 2.88. The van der Waals surface area contributed by atoms with Crippen LogP contribution in [0.3, 0.4) is 0 Å². The minimum atomic E-state index is -1.13. The van der Waals surface area contributed by atoms with Crippen molar-refractivity contribution in [2.24, 2.45) is 5.92 Å². The van der Waals surface area contributed by atoms with E-state index in [1.807, 2.05) is 0 Å². The highest BCUT2D eigenvalue weighted by Gasteiger charge is 2.22. The van der Waals surface area contributed by atoms with Gasteiger partial charge in [-0.2, -0.15) is 0 Å². The molecule has 0 saturated heterocycles. The van der Waals surface area contributed by atoms with Crippen molar-refractivity contribution in [3.63, 3.8) is 0 Å². The SMILES string of the molecule is O=C(O)c1ccc([N+](=O)[O-])c(OCCC2CC2)c1. The third kappa shape index (κ3) is 2.97. The Bertz CT molecular complexity index is 481. The maximum absolute atomic E-state index is 10.8. The monoisotopic (exact) mass is 251 g/mol. The van der Waals surface area contributed by atoms with Crippen LogP contribution < -0.4 is 4.74 Å². The number of carboxylic acid groups (broad SMARTS) is 1. The predicted molar refractivity (Wildman–Crippen MR) is 62.9 cm³/mol. The maximum Gasteiger partial charge on any atom is 0.335 e. The fourth-order valence-electron chi connectivity index (χ4n) is 1.66. The molecule has 1 aliphatic carbocycles. The van der Waals surface area contributed by atoms with Gasteiger partial charge in [-0.25, -0.2) is 4.79 Å². The summed E-state index contributed by atoms with van der Waals surface area (Å²) in [4.78, 5) is 21.0. The highest BCUT2D eigenvalue weighted by Crippen LogP contribution is 2.33. The van der Waals surface area contributed by atoms with E-state index in [2.05, 4.69) is 0 Å². The van der Waals surface area contributed by atoms with E-state index in [0.717, 1.165) is 12.5 Å². The van der Waals surface area contributed by atoms with Crippen LogP contribution >= 0.6 is 0 Å². The Labute approximate surface area is 103 Å². The molecule has 0 heterocycles. The van der Waals surface area contributed by atoms with Crippen LogP contribution in [0.15, 0.2) is 18.2 Å². The van der Waals surface area contributed by atoms with Crippen LogP contribution in [0.5, 0.6) is 5.75 Å². The van der Waals surface area contributed by atoms with Crippen LogP contribution in [0.1, 0.15) is 29.6 Å². The van der Waals surface area contributed by atoms with Crippen LogP contribution in [0.2, 0.25) is 0 Å². The molecular weight excluding hydrogens is 238 g/mol. The standard InChI is InChI=1S/C12H13NO5/c14-12(15)9-3-4-10(13(16)17)11(7-9)18-6-5-8-1-2-8/h3-4,7-8H,1-2,5-6H2,(H,14,15). The molecule has 6 nitrogen and oxygen atoms in total. The normalized spacial score (nSPS) is 14.2. The number of nitro groups is 1. The van der Waals surface area contributed by atoms with Crippen molar-refractivity contribution in [3.8, 4) is 5.75 Å². The van der Waals surface area contributed by atoms with Crippen molar-refractivity contribution < 1.29 is 19.6 Å². The van der Waals surface area contributed by atoms with Gasteiger partial charge in [-0.3, -0.25) is 10.1 Å². The second kappa shape index (κ2) is 5.03. The minimum absolute atomic E-state index is 0.0120. The summed E-state index contributed by atoms with van der Waals surface area (Å²) in [5.74, 6) is -0.441. The van der Waals surface area contributed by atoms with Gasteiger partial charge in [-0.15, -0.1) is 0 Å². The number of aromatic carboxylic acids is 1. The molecule has 1 aromatic rings. The lowest BCUT2D eigenvalue weighted by atomic mass is 10.2. The van der Waals surface area contributed by atoms with Gasteiger partial charge in [-0.05, 0) is 18.4 Å². The number of hydrogen-bond donors (Lipinski definition) is 1. The topological polar surface area (TPSA) is 89.7 Å². The average Bonchev–Trinajstić information content (AvgIpc) is 3.12. The molecule has 1 aliphatic rings. The molecule has 96 valence electrons. The Kier molecular flexibility index (Phi) is 3.45. The molecule has 0 bridgehead atoms. The van der Waals surface area contributed by atoms with Crippen molar-refractivity contribution in [1.82, 2.24) is 0 Å². The molecule has 1 fully saturated rings. The molecule has 1 saturated carbocycles. The number of carboxylic acids is 1. The Morgan fingerprint density at radius 1 is 1.50 bits per heavy atom. The number of benzene rings is 1. The van der Waals surface area contributed by atoms with Crippen molar-refractivity contribution in [2.45, 2.75) is 19.3 Å². The predicted octanol–water partition coefficient (Wildman–Crippen LogP) is 2.47. The van der Waals surface area contributed by atoms with Gasteiger partial charge in [0.1, 0.15) is 0 Å². The molecule has 1 N–H and O–H groups in total.